The fraction of sp³-hybridized carbons (Fsp3) is 0.381. The molecule has 0 spiro atoms. The van der Waals surface area contributed by atoms with E-state index in [1.807, 2.05) is 12.2 Å². The van der Waals surface area contributed by atoms with Crippen LogP contribution in [0.25, 0.3) is 17.0 Å². The molecule has 2 aromatic rings. The maximum atomic E-state index is 12.5. The topological polar surface area (TPSA) is 56.9 Å². The maximum absolute atomic E-state index is 12.5. The van der Waals surface area contributed by atoms with E-state index in [1.54, 1.807) is 0 Å². The number of allylic oxidation sites excluding steroid dienone is 1. The maximum Gasteiger partial charge on any atom is 0.251 e. The van der Waals surface area contributed by atoms with Gasteiger partial charge in [0.25, 0.3) is 5.91 Å². The Hall–Kier alpha value is -2.49. The van der Waals surface area contributed by atoms with Crippen LogP contribution in [0.5, 0.6) is 0 Å². The first-order valence-electron chi connectivity index (χ1n) is 9.33. The molecule has 1 aromatic heterocycles. The van der Waals surface area contributed by atoms with Crippen LogP contribution in [0.2, 0.25) is 0 Å². The van der Waals surface area contributed by atoms with Crippen LogP contribution in [-0.2, 0) is 11.2 Å². The van der Waals surface area contributed by atoms with Crippen molar-refractivity contribution in [2.45, 2.75) is 45.1 Å². The van der Waals surface area contributed by atoms with Crippen molar-refractivity contribution in [2.24, 2.45) is 0 Å². The lowest BCUT2D eigenvalue weighted by atomic mass is 9.93. The average Bonchev–Trinajstić information content (AvgIpc) is 2.79. The molecule has 1 aromatic carbocycles. The van der Waals surface area contributed by atoms with E-state index in [-0.39, 0.29) is 5.91 Å². The zero-order valence-electron chi connectivity index (χ0n) is 14.7. The minimum absolute atomic E-state index is 0.0387. The summed E-state index contributed by atoms with van der Waals surface area (Å²) in [5, 5.41) is 7.86. The molecule has 1 heterocycles. The standard InChI is InChI=1S/C21H25N3O/c1-2-12-22-18-11-5-10-17-16-9-3-6-14(13-19(16)24-20(17)18)21(25)23-15-7-4-8-15/h3,5-6,10-11,13,15,22,24H,2,4,7-9,12H2,1H3,(H,23,25). The summed E-state index contributed by atoms with van der Waals surface area (Å²) in [4.78, 5) is 16.1. The van der Waals surface area contributed by atoms with Crippen LogP contribution in [0.3, 0.4) is 0 Å². The number of hydrogen-bond donors (Lipinski definition) is 3. The lowest BCUT2D eigenvalue weighted by molar-refractivity contribution is -0.118. The largest absolute Gasteiger partial charge is 0.383 e. The highest BCUT2D eigenvalue weighted by molar-refractivity contribution is 6.03. The Labute approximate surface area is 148 Å². The van der Waals surface area contributed by atoms with Crippen molar-refractivity contribution in [3.63, 3.8) is 0 Å². The van der Waals surface area contributed by atoms with Gasteiger partial charge in [0.2, 0.25) is 0 Å². The number of rotatable bonds is 5. The van der Waals surface area contributed by atoms with Crippen molar-refractivity contribution in [3.05, 3.63) is 47.2 Å². The van der Waals surface area contributed by atoms with Crippen molar-refractivity contribution in [3.8, 4) is 0 Å². The Morgan fingerprint density at radius 3 is 2.96 bits per heavy atom. The minimum Gasteiger partial charge on any atom is -0.383 e. The summed E-state index contributed by atoms with van der Waals surface area (Å²) in [5.41, 5.74) is 5.30. The number of hydrogen-bond acceptors (Lipinski definition) is 2. The Balaban J connectivity index is 1.68. The predicted molar refractivity (Wildman–Crippen MR) is 104 cm³/mol. The number of nitrogens with one attached hydrogen (secondary N) is 3. The number of amides is 1. The van der Waals surface area contributed by atoms with Gasteiger partial charge in [-0.1, -0.05) is 31.2 Å². The van der Waals surface area contributed by atoms with Crippen molar-refractivity contribution < 1.29 is 4.79 Å². The van der Waals surface area contributed by atoms with Gasteiger partial charge in [0, 0.05) is 29.2 Å². The van der Waals surface area contributed by atoms with E-state index in [1.165, 1.54) is 17.4 Å². The van der Waals surface area contributed by atoms with Crippen molar-refractivity contribution in [1.82, 2.24) is 10.3 Å². The van der Waals surface area contributed by atoms with Gasteiger partial charge in [-0.3, -0.25) is 4.79 Å². The molecule has 4 heteroatoms. The van der Waals surface area contributed by atoms with E-state index in [2.05, 4.69) is 46.8 Å². The van der Waals surface area contributed by atoms with Gasteiger partial charge in [-0.2, -0.15) is 0 Å². The smallest absolute Gasteiger partial charge is 0.251 e. The highest BCUT2D eigenvalue weighted by Crippen LogP contribution is 2.31. The van der Waals surface area contributed by atoms with E-state index in [0.29, 0.717) is 6.04 Å². The SMILES string of the molecule is CCCNc1cccc2c3c([nH]c12)C=C(C(=O)NC1CCC1)C=CC3. The summed E-state index contributed by atoms with van der Waals surface area (Å²) in [6, 6.07) is 6.72. The van der Waals surface area contributed by atoms with Crippen molar-refractivity contribution in [2.75, 3.05) is 11.9 Å². The number of carbonyl (C=O) groups excluding carboxylic acids is 1. The molecular formula is C21H25N3O. The first kappa shape index (κ1) is 16.0. The third kappa shape index (κ3) is 3.09. The van der Waals surface area contributed by atoms with E-state index in [9.17, 15) is 4.79 Å². The normalized spacial score (nSPS) is 16.8. The predicted octanol–water partition coefficient (Wildman–Crippen LogP) is 4.15. The summed E-state index contributed by atoms with van der Waals surface area (Å²) >= 11 is 0. The van der Waals surface area contributed by atoms with Gasteiger partial charge in [-0.05, 0) is 49.8 Å². The summed E-state index contributed by atoms with van der Waals surface area (Å²) in [7, 11) is 0. The summed E-state index contributed by atoms with van der Waals surface area (Å²) < 4.78 is 0. The quantitative estimate of drug-likeness (QED) is 0.768. The molecule has 3 N–H and O–H groups in total. The lowest BCUT2D eigenvalue weighted by Gasteiger charge is -2.26. The van der Waals surface area contributed by atoms with Gasteiger partial charge < -0.3 is 15.6 Å². The van der Waals surface area contributed by atoms with Gasteiger partial charge in [-0.25, -0.2) is 0 Å². The number of anilines is 1. The van der Waals surface area contributed by atoms with Gasteiger partial charge in [0.15, 0.2) is 0 Å². The molecule has 4 rings (SSSR count). The summed E-state index contributed by atoms with van der Waals surface area (Å²) in [5.74, 6) is 0.0387. The summed E-state index contributed by atoms with van der Waals surface area (Å²) in [6.45, 7) is 3.12. The van der Waals surface area contributed by atoms with Crippen LogP contribution in [0.4, 0.5) is 5.69 Å². The molecule has 0 atom stereocenters. The van der Waals surface area contributed by atoms with Crippen LogP contribution in [0.15, 0.2) is 35.9 Å². The highest BCUT2D eigenvalue weighted by atomic mass is 16.1. The molecule has 0 radical (unpaired) electrons. The molecule has 4 nitrogen and oxygen atoms in total. The number of H-pyrrole nitrogens is 1. The summed E-state index contributed by atoms with van der Waals surface area (Å²) in [6.07, 6.45) is 11.4. The first-order valence-corrected chi connectivity index (χ1v) is 9.33. The van der Waals surface area contributed by atoms with Gasteiger partial charge in [-0.15, -0.1) is 0 Å². The van der Waals surface area contributed by atoms with Crippen molar-refractivity contribution in [1.29, 1.82) is 0 Å². The Kier molecular flexibility index (Phi) is 4.35. The molecule has 1 saturated carbocycles. The van der Waals surface area contributed by atoms with Gasteiger partial charge in [0.05, 0.1) is 11.2 Å². The third-order valence-corrected chi connectivity index (χ3v) is 5.16. The van der Waals surface area contributed by atoms with Crippen LogP contribution < -0.4 is 10.6 Å². The first-order chi connectivity index (χ1) is 12.3. The zero-order chi connectivity index (χ0) is 17.2. The van der Waals surface area contributed by atoms with E-state index >= 15 is 0 Å². The van der Waals surface area contributed by atoms with Gasteiger partial charge in [0.1, 0.15) is 0 Å². The second-order valence-electron chi connectivity index (χ2n) is 6.98. The minimum atomic E-state index is 0.0387. The molecule has 0 saturated heterocycles. The molecule has 0 aliphatic heterocycles. The molecule has 130 valence electrons. The molecule has 0 unspecified atom stereocenters. The van der Waals surface area contributed by atoms with Crippen LogP contribution >= 0.6 is 0 Å². The molecule has 1 amide bonds. The Bertz CT molecular complexity index is 855. The molecule has 0 bridgehead atoms. The fourth-order valence-electron chi connectivity index (χ4n) is 3.51. The molecule has 25 heavy (non-hydrogen) atoms. The number of aromatic nitrogens is 1. The number of fused-ring (bicyclic) bond motifs is 3. The molecule has 2 aliphatic rings. The van der Waals surface area contributed by atoms with Gasteiger partial charge >= 0.3 is 0 Å². The lowest BCUT2D eigenvalue weighted by Crippen LogP contribution is -2.39. The second-order valence-corrected chi connectivity index (χ2v) is 6.98. The number of carbonyl (C=O) groups is 1. The van der Waals surface area contributed by atoms with Crippen LogP contribution in [0.1, 0.15) is 43.9 Å². The number of para-hydroxylation sites is 1. The Morgan fingerprint density at radius 2 is 2.20 bits per heavy atom. The van der Waals surface area contributed by atoms with E-state index in [0.717, 1.165) is 54.7 Å². The number of benzene rings is 1. The zero-order valence-corrected chi connectivity index (χ0v) is 14.7. The Morgan fingerprint density at radius 1 is 1.32 bits per heavy atom. The fourth-order valence-corrected chi connectivity index (χ4v) is 3.51. The van der Waals surface area contributed by atoms with Crippen LogP contribution in [0, 0.1) is 0 Å². The average molecular weight is 335 g/mol. The molecule has 1 fully saturated rings. The van der Waals surface area contributed by atoms with E-state index < -0.39 is 0 Å². The molecule has 2 aliphatic carbocycles. The monoisotopic (exact) mass is 335 g/mol. The number of aromatic amines is 1. The van der Waals surface area contributed by atoms with Crippen molar-refractivity contribution >= 4 is 28.6 Å². The molecular weight excluding hydrogens is 310 g/mol. The highest BCUT2D eigenvalue weighted by Gasteiger charge is 2.22. The third-order valence-electron chi connectivity index (χ3n) is 5.16. The van der Waals surface area contributed by atoms with Crippen LogP contribution in [-0.4, -0.2) is 23.5 Å². The van der Waals surface area contributed by atoms with E-state index in [4.69, 9.17) is 0 Å². The second kappa shape index (κ2) is 6.79.